The molecule has 0 fully saturated rings. The van der Waals surface area contributed by atoms with Gasteiger partial charge in [0, 0.05) is 139 Å². The number of fused-ring (bicyclic) bond motifs is 12. The Labute approximate surface area is 689 Å². The maximum atomic E-state index is 8.97. The minimum atomic E-state index is -1.54. The second-order valence-corrected chi connectivity index (χ2v) is 30.8. The molecule has 9 heterocycles. The molecule has 21 aromatic rings. The van der Waals surface area contributed by atoms with Gasteiger partial charge in [-0.1, -0.05) is 165 Å². The molecule has 0 aliphatic heterocycles. The van der Waals surface area contributed by atoms with Crippen molar-refractivity contribution in [1.82, 2.24) is 42.8 Å². The van der Waals surface area contributed by atoms with Crippen molar-refractivity contribution in [3.63, 3.8) is 0 Å². The Kier molecular flexibility index (Phi) is 20.7. The second-order valence-electron chi connectivity index (χ2n) is 27.7. The molecule has 0 saturated heterocycles. The summed E-state index contributed by atoms with van der Waals surface area (Å²) in [5.74, 6) is 0. The quantitative estimate of drug-likeness (QED) is 0.110. The summed E-state index contributed by atoms with van der Waals surface area (Å²) in [7, 11) is -1.54. The molecule has 15 heteroatoms. The molecule has 0 saturated carbocycles. The zero-order valence-electron chi connectivity index (χ0n) is 61.4. The zero-order valence-corrected chi connectivity index (χ0v) is 66.7. The summed E-state index contributed by atoms with van der Waals surface area (Å²) in [6, 6.07) is 122. The van der Waals surface area contributed by atoms with E-state index in [0.717, 1.165) is 54.8 Å². The number of rotatable bonds is 9. The molecule has 0 radical (unpaired) electrons. The van der Waals surface area contributed by atoms with Crippen LogP contribution in [0.15, 0.2) is 404 Å². The first-order chi connectivity index (χ1) is 56.1. The number of hydrogen-bond donors (Lipinski definition) is 2. The summed E-state index contributed by atoms with van der Waals surface area (Å²) in [4.78, 5) is 17.3. The highest BCUT2D eigenvalue weighted by atomic mass is 127. The number of nitrogens with zero attached hydrogens (tertiary/aromatic N) is 9. The third-order valence-corrected chi connectivity index (χ3v) is 22.3. The summed E-state index contributed by atoms with van der Waals surface area (Å²) in [5, 5.41) is 26.7. The highest BCUT2D eigenvalue weighted by molar-refractivity contribution is 14.1. The summed E-state index contributed by atoms with van der Waals surface area (Å²) in [6.07, 6.45) is 14.5. The summed E-state index contributed by atoms with van der Waals surface area (Å²) in [5.41, 5.74) is 25.6. The van der Waals surface area contributed by atoms with E-state index in [2.05, 4.69) is 396 Å². The zero-order chi connectivity index (χ0) is 77.0. The smallest absolute Gasteiger partial charge is 0.422 e. The standard InChI is InChI=1S/C36H24N4.C26H17BrN2.C21H14BrN.C10H9BN2O2.C6H5I/c1-3-10-28(11-4-1)39-20-18-26-22-31-30-21-25(32-14-7-15-33(38-32)27-9-8-19-37-24-27)16-17-34(30)40(36(31)23-35(26)39)29-12-5-2-6-13-29;27-19-11-12-24-23(16-19)22-15-18-13-14-28(20-7-3-1-4-8-20)25(18)17-26(22)29(24)21-9-5-2-6-10-21;22-17-7-6-14-10-16-12-21-15(11-19(16)20(14)13-17)8-9-23(21)18-4-2-1-3-5-18;14-11(15)10-5-1-4-9(13-10)8-3-2-6-12-7-8;7-6-4-2-1-3-5-6/h1-24H;1-17H;1-9,11-13H,10H2;1-7,14-15H;1-5H. The maximum Gasteiger partial charge on any atom is 0.508 e. The van der Waals surface area contributed by atoms with Crippen LogP contribution >= 0.6 is 54.5 Å². The van der Waals surface area contributed by atoms with E-state index in [9.17, 15) is 0 Å². The fourth-order valence-corrected chi connectivity index (χ4v) is 16.5. The van der Waals surface area contributed by atoms with E-state index < -0.39 is 7.12 Å². The van der Waals surface area contributed by atoms with E-state index in [1.807, 2.05) is 48.7 Å². The number of hydrogen-bond acceptors (Lipinski definition) is 6. The van der Waals surface area contributed by atoms with Crippen LogP contribution in [-0.4, -0.2) is 59.9 Å². The normalized spacial score (nSPS) is 11.3. The van der Waals surface area contributed by atoms with Gasteiger partial charge in [0.25, 0.3) is 0 Å². The van der Waals surface area contributed by atoms with Gasteiger partial charge in [0.2, 0.25) is 0 Å². The molecule has 0 bridgehead atoms. The van der Waals surface area contributed by atoms with Gasteiger partial charge in [-0.3, -0.25) is 15.0 Å². The van der Waals surface area contributed by atoms with Gasteiger partial charge in [-0.05, 0) is 270 Å². The van der Waals surface area contributed by atoms with Crippen molar-refractivity contribution in [2.75, 3.05) is 0 Å². The second kappa shape index (κ2) is 32.5. The molecular formula is C99H69BBr2IN9O2. The molecule has 22 rings (SSSR count). The average molecular weight is 1710 g/mol. The summed E-state index contributed by atoms with van der Waals surface area (Å²) < 4.78 is 15.1. The van der Waals surface area contributed by atoms with Crippen LogP contribution in [0.3, 0.4) is 0 Å². The largest absolute Gasteiger partial charge is 0.508 e. The van der Waals surface area contributed by atoms with Gasteiger partial charge < -0.3 is 32.9 Å². The minimum Gasteiger partial charge on any atom is -0.422 e. The van der Waals surface area contributed by atoms with Crippen LogP contribution in [0, 0.1) is 3.57 Å². The van der Waals surface area contributed by atoms with Crippen molar-refractivity contribution < 1.29 is 10.0 Å². The molecule has 546 valence electrons. The lowest BCUT2D eigenvalue weighted by atomic mass is 9.85. The molecule has 0 spiro atoms. The van der Waals surface area contributed by atoms with Crippen LogP contribution < -0.4 is 5.59 Å². The topological polar surface area (TPSA) is 117 Å². The third-order valence-electron chi connectivity index (χ3n) is 20.6. The SMILES string of the molecule is Brc1ccc2c(c1)-c1cc3ccn(-c4ccccc4)c3cc1C2.Brc1ccc2c(c1)c1cc3ccn(-c4ccccc4)c3cc1n2-c1ccccc1.Ic1ccccc1.OB(O)c1cccc(-c2cccnc2)n1.c1ccc(-n2ccc3cc4c5cc(-c6cccc(-c7cccnc7)n6)ccc5n(-c5ccccc5)c4cc32)cc1. The van der Waals surface area contributed by atoms with Crippen LogP contribution in [-0.2, 0) is 6.42 Å². The van der Waals surface area contributed by atoms with Crippen LogP contribution in [0.4, 0.5) is 0 Å². The fraction of sp³-hybridized carbons (Fsp3) is 0.0101. The van der Waals surface area contributed by atoms with Gasteiger partial charge in [0.15, 0.2) is 0 Å². The highest BCUT2D eigenvalue weighted by Gasteiger charge is 2.23. The first-order valence-corrected chi connectivity index (χ1v) is 40.1. The predicted octanol–water partition coefficient (Wildman–Crippen LogP) is 24.4. The molecule has 1 aliphatic carbocycles. The Morgan fingerprint density at radius 2 is 0.719 bits per heavy atom. The lowest BCUT2D eigenvalue weighted by molar-refractivity contribution is 0.424. The van der Waals surface area contributed by atoms with E-state index in [0.29, 0.717) is 5.69 Å². The Balaban J connectivity index is 0.000000107. The molecule has 0 atom stereocenters. The molecule has 0 unspecified atom stereocenters. The highest BCUT2D eigenvalue weighted by Crippen LogP contribution is 2.43. The maximum absolute atomic E-state index is 8.97. The number of pyridine rings is 4. The van der Waals surface area contributed by atoms with Crippen LogP contribution in [0.5, 0.6) is 0 Å². The fourth-order valence-electron chi connectivity index (χ4n) is 15.3. The van der Waals surface area contributed by atoms with Gasteiger partial charge in [-0.2, -0.15) is 0 Å². The van der Waals surface area contributed by atoms with E-state index in [1.165, 1.54) is 119 Å². The lowest BCUT2D eigenvalue weighted by Gasteiger charge is -2.09. The van der Waals surface area contributed by atoms with Crippen LogP contribution in [0.2, 0.25) is 0 Å². The molecular weight excluding hydrogens is 1640 g/mol. The van der Waals surface area contributed by atoms with Gasteiger partial charge in [0.05, 0.1) is 61.3 Å². The molecule has 9 aromatic heterocycles. The third kappa shape index (κ3) is 14.9. The number of aromatic nitrogens is 9. The molecule has 114 heavy (non-hydrogen) atoms. The van der Waals surface area contributed by atoms with Gasteiger partial charge in [-0.25, -0.2) is 4.98 Å². The minimum absolute atomic E-state index is 0.233. The van der Waals surface area contributed by atoms with Gasteiger partial charge in [-0.15, -0.1) is 0 Å². The van der Waals surface area contributed by atoms with E-state index in [-0.39, 0.29) is 5.59 Å². The van der Waals surface area contributed by atoms with E-state index in [1.54, 1.807) is 42.9 Å². The first kappa shape index (κ1) is 72.7. The number of benzene rings is 12. The molecule has 2 N–H and O–H groups in total. The Morgan fingerprint density at radius 3 is 1.20 bits per heavy atom. The predicted molar refractivity (Wildman–Crippen MR) is 485 cm³/mol. The van der Waals surface area contributed by atoms with Crippen molar-refractivity contribution in [3.05, 3.63) is 419 Å². The summed E-state index contributed by atoms with van der Waals surface area (Å²) >= 11 is 9.53. The monoisotopic (exact) mass is 1710 g/mol. The van der Waals surface area contributed by atoms with Crippen molar-refractivity contribution in [1.29, 1.82) is 0 Å². The van der Waals surface area contributed by atoms with E-state index in [4.69, 9.17) is 15.0 Å². The molecule has 1 aliphatic rings. The lowest BCUT2D eigenvalue weighted by Crippen LogP contribution is -2.32. The summed E-state index contributed by atoms with van der Waals surface area (Å²) in [6.45, 7) is 0. The van der Waals surface area contributed by atoms with Crippen molar-refractivity contribution in [2.45, 2.75) is 6.42 Å². The van der Waals surface area contributed by atoms with E-state index >= 15 is 0 Å². The van der Waals surface area contributed by atoms with Crippen molar-refractivity contribution >= 4 is 143 Å². The van der Waals surface area contributed by atoms with Crippen LogP contribution in [0.25, 0.3) is 150 Å². The van der Waals surface area contributed by atoms with Crippen molar-refractivity contribution in [3.8, 4) is 73.3 Å². The number of halogens is 3. The Bertz CT molecular complexity index is 7010. The Morgan fingerprint density at radius 1 is 0.307 bits per heavy atom. The molecule has 0 amide bonds. The average Bonchev–Trinajstić information content (AvgIpc) is 1.58. The van der Waals surface area contributed by atoms with Crippen molar-refractivity contribution in [2.24, 2.45) is 0 Å². The Hall–Kier alpha value is -12.9. The first-order valence-electron chi connectivity index (χ1n) is 37.4. The number of para-hydroxylation sites is 5. The molecule has 12 aromatic carbocycles. The van der Waals surface area contributed by atoms with Gasteiger partial charge in [0.1, 0.15) is 0 Å². The van der Waals surface area contributed by atoms with Gasteiger partial charge >= 0.3 is 7.12 Å². The van der Waals surface area contributed by atoms with Crippen LogP contribution in [0.1, 0.15) is 11.1 Å². The molecule has 11 nitrogen and oxygen atoms in total.